The molecule has 2 N–H and O–H groups in total. The van der Waals surface area contributed by atoms with Crippen molar-refractivity contribution in [3.63, 3.8) is 0 Å². The number of rotatable bonds is 5. The van der Waals surface area contributed by atoms with Crippen molar-refractivity contribution in [2.24, 2.45) is 5.92 Å². The van der Waals surface area contributed by atoms with E-state index in [9.17, 15) is 14.4 Å². The lowest BCUT2D eigenvalue weighted by atomic mass is 10.0. The zero-order valence-corrected chi connectivity index (χ0v) is 12.1. The van der Waals surface area contributed by atoms with Crippen LogP contribution in [0.1, 0.15) is 25.2 Å². The van der Waals surface area contributed by atoms with Gasteiger partial charge in [0, 0.05) is 23.5 Å². The Hall–Kier alpha value is -2.11. The molecule has 0 aromatic carbocycles. The molecule has 1 atom stereocenters. The van der Waals surface area contributed by atoms with Crippen LogP contribution in [0.5, 0.6) is 0 Å². The standard InChI is InChI=1S/C14H20N2O4/c1-8(2)13(14(19)20)15-12(18)7-16-9(3)5-11(17)6-10(16)4/h5-6,8,13H,7H2,1-4H3,(H,15,18)(H,19,20). The summed E-state index contributed by atoms with van der Waals surface area (Å²) in [5.41, 5.74) is 1.23. The van der Waals surface area contributed by atoms with Gasteiger partial charge in [0.25, 0.3) is 0 Å². The second-order valence-electron chi connectivity index (χ2n) is 5.19. The van der Waals surface area contributed by atoms with Crippen LogP contribution in [-0.4, -0.2) is 27.6 Å². The van der Waals surface area contributed by atoms with Crippen LogP contribution >= 0.6 is 0 Å². The third-order valence-corrected chi connectivity index (χ3v) is 3.10. The van der Waals surface area contributed by atoms with Crippen molar-refractivity contribution in [1.29, 1.82) is 0 Å². The molecule has 0 aliphatic rings. The molecule has 6 nitrogen and oxygen atoms in total. The Morgan fingerprint density at radius 3 is 2.15 bits per heavy atom. The highest BCUT2D eigenvalue weighted by Crippen LogP contribution is 2.04. The summed E-state index contributed by atoms with van der Waals surface area (Å²) in [5, 5.41) is 11.5. The molecule has 0 fully saturated rings. The van der Waals surface area contributed by atoms with Gasteiger partial charge in [-0.2, -0.15) is 0 Å². The smallest absolute Gasteiger partial charge is 0.326 e. The molecule has 1 unspecified atom stereocenters. The Labute approximate surface area is 117 Å². The van der Waals surface area contributed by atoms with Gasteiger partial charge in [0.2, 0.25) is 5.91 Å². The number of aliphatic carboxylic acids is 1. The van der Waals surface area contributed by atoms with Crippen LogP contribution in [-0.2, 0) is 16.1 Å². The predicted molar refractivity (Wildman–Crippen MR) is 74.6 cm³/mol. The van der Waals surface area contributed by atoms with Gasteiger partial charge in [0.15, 0.2) is 5.43 Å². The number of carbonyl (C=O) groups is 2. The van der Waals surface area contributed by atoms with E-state index in [1.807, 2.05) is 0 Å². The average molecular weight is 280 g/mol. The monoisotopic (exact) mass is 280 g/mol. The summed E-state index contributed by atoms with van der Waals surface area (Å²) in [7, 11) is 0. The van der Waals surface area contributed by atoms with Gasteiger partial charge >= 0.3 is 5.97 Å². The molecule has 0 aliphatic heterocycles. The van der Waals surface area contributed by atoms with E-state index in [-0.39, 0.29) is 23.8 Å². The van der Waals surface area contributed by atoms with Crippen molar-refractivity contribution in [3.8, 4) is 0 Å². The van der Waals surface area contributed by atoms with Crippen LogP contribution in [0, 0.1) is 19.8 Å². The second kappa shape index (κ2) is 6.36. The van der Waals surface area contributed by atoms with E-state index in [4.69, 9.17) is 5.11 Å². The highest BCUT2D eigenvalue weighted by molar-refractivity contribution is 5.83. The number of hydrogen-bond acceptors (Lipinski definition) is 3. The fourth-order valence-electron chi connectivity index (χ4n) is 2.01. The van der Waals surface area contributed by atoms with Crippen molar-refractivity contribution in [3.05, 3.63) is 33.7 Å². The Bertz CT molecular complexity index is 549. The first-order chi connectivity index (χ1) is 9.22. The number of amides is 1. The van der Waals surface area contributed by atoms with E-state index < -0.39 is 12.0 Å². The molecule has 110 valence electrons. The third-order valence-electron chi connectivity index (χ3n) is 3.10. The van der Waals surface area contributed by atoms with Crippen LogP contribution in [0.25, 0.3) is 0 Å². The summed E-state index contributed by atoms with van der Waals surface area (Å²) in [6.45, 7) is 6.93. The van der Waals surface area contributed by atoms with Crippen molar-refractivity contribution in [2.75, 3.05) is 0 Å². The minimum absolute atomic E-state index is 0.00551. The lowest BCUT2D eigenvalue weighted by Gasteiger charge is -2.19. The average Bonchev–Trinajstić information content (AvgIpc) is 2.29. The van der Waals surface area contributed by atoms with Gasteiger partial charge in [0.1, 0.15) is 12.6 Å². The Morgan fingerprint density at radius 2 is 1.75 bits per heavy atom. The van der Waals surface area contributed by atoms with E-state index in [0.29, 0.717) is 11.4 Å². The summed E-state index contributed by atoms with van der Waals surface area (Å²) in [6.07, 6.45) is 0. The zero-order chi connectivity index (χ0) is 15.4. The third kappa shape index (κ3) is 3.94. The van der Waals surface area contributed by atoms with Crippen molar-refractivity contribution in [1.82, 2.24) is 9.88 Å². The molecule has 1 aromatic heterocycles. The molecule has 1 rings (SSSR count). The molecule has 0 saturated heterocycles. The lowest BCUT2D eigenvalue weighted by molar-refractivity contribution is -0.143. The molecule has 0 saturated carbocycles. The van der Waals surface area contributed by atoms with E-state index in [0.717, 1.165) is 0 Å². The molecule has 20 heavy (non-hydrogen) atoms. The van der Waals surface area contributed by atoms with Gasteiger partial charge in [-0.15, -0.1) is 0 Å². The SMILES string of the molecule is Cc1cc(=O)cc(C)n1CC(=O)NC(C(=O)O)C(C)C. The Morgan fingerprint density at radius 1 is 1.25 bits per heavy atom. The quantitative estimate of drug-likeness (QED) is 0.830. The topological polar surface area (TPSA) is 88.4 Å². The number of carbonyl (C=O) groups excluding carboxylic acids is 1. The molecule has 0 bridgehead atoms. The van der Waals surface area contributed by atoms with E-state index in [1.54, 1.807) is 32.3 Å². The van der Waals surface area contributed by atoms with Gasteiger partial charge in [-0.3, -0.25) is 9.59 Å². The molecule has 1 heterocycles. The zero-order valence-electron chi connectivity index (χ0n) is 12.1. The Balaban J connectivity index is 2.87. The van der Waals surface area contributed by atoms with Crippen LogP contribution in [0.2, 0.25) is 0 Å². The number of nitrogens with one attached hydrogen (secondary N) is 1. The number of aromatic nitrogens is 1. The lowest BCUT2D eigenvalue weighted by Crippen LogP contribution is -2.45. The van der Waals surface area contributed by atoms with E-state index in [1.165, 1.54) is 12.1 Å². The number of aryl methyl sites for hydroxylation is 2. The number of carboxylic acid groups (broad SMARTS) is 1. The van der Waals surface area contributed by atoms with Gasteiger partial charge in [-0.25, -0.2) is 4.79 Å². The van der Waals surface area contributed by atoms with Crippen LogP contribution < -0.4 is 10.7 Å². The first kappa shape index (κ1) is 15.9. The van der Waals surface area contributed by atoms with E-state index >= 15 is 0 Å². The predicted octanol–water partition coefficient (Wildman–Crippen LogP) is 0.691. The normalized spacial score (nSPS) is 12.2. The van der Waals surface area contributed by atoms with Crippen LogP contribution in [0.3, 0.4) is 0 Å². The summed E-state index contributed by atoms with van der Waals surface area (Å²) in [6, 6.07) is 1.97. The molecular formula is C14H20N2O4. The molecule has 6 heteroatoms. The highest BCUT2D eigenvalue weighted by atomic mass is 16.4. The summed E-state index contributed by atoms with van der Waals surface area (Å²) in [4.78, 5) is 34.3. The molecule has 1 amide bonds. The summed E-state index contributed by atoms with van der Waals surface area (Å²) < 4.78 is 1.68. The van der Waals surface area contributed by atoms with Crippen LogP contribution in [0.4, 0.5) is 0 Å². The maximum absolute atomic E-state index is 11.9. The number of nitrogens with zero attached hydrogens (tertiary/aromatic N) is 1. The van der Waals surface area contributed by atoms with Gasteiger partial charge in [0.05, 0.1) is 0 Å². The molecule has 0 radical (unpaired) electrons. The van der Waals surface area contributed by atoms with Crippen molar-refractivity contribution < 1.29 is 14.7 Å². The largest absolute Gasteiger partial charge is 0.480 e. The van der Waals surface area contributed by atoms with E-state index in [2.05, 4.69) is 5.32 Å². The molecule has 0 aliphatic carbocycles. The van der Waals surface area contributed by atoms with Crippen molar-refractivity contribution >= 4 is 11.9 Å². The Kier molecular flexibility index (Phi) is 5.07. The maximum atomic E-state index is 11.9. The van der Waals surface area contributed by atoms with Gasteiger partial charge < -0.3 is 15.0 Å². The fraction of sp³-hybridized carbons (Fsp3) is 0.500. The number of pyridine rings is 1. The molecule has 0 spiro atoms. The van der Waals surface area contributed by atoms with Gasteiger partial charge in [-0.1, -0.05) is 13.8 Å². The second-order valence-corrected chi connectivity index (χ2v) is 5.19. The molecule has 1 aromatic rings. The number of hydrogen-bond donors (Lipinski definition) is 2. The minimum Gasteiger partial charge on any atom is -0.480 e. The maximum Gasteiger partial charge on any atom is 0.326 e. The summed E-state index contributed by atoms with van der Waals surface area (Å²) >= 11 is 0. The van der Waals surface area contributed by atoms with Crippen molar-refractivity contribution in [2.45, 2.75) is 40.3 Å². The molecular weight excluding hydrogens is 260 g/mol. The summed E-state index contributed by atoms with van der Waals surface area (Å²) in [5.74, 6) is -1.64. The minimum atomic E-state index is -1.05. The number of carboxylic acids is 1. The first-order valence-electron chi connectivity index (χ1n) is 6.42. The first-order valence-corrected chi connectivity index (χ1v) is 6.42. The van der Waals surface area contributed by atoms with Gasteiger partial charge in [-0.05, 0) is 19.8 Å². The highest BCUT2D eigenvalue weighted by Gasteiger charge is 2.23. The van der Waals surface area contributed by atoms with Crippen LogP contribution in [0.15, 0.2) is 16.9 Å². The fourth-order valence-corrected chi connectivity index (χ4v) is 2.01.